The molecule has 8 heteroatoms. The summed E-state index contributed by atoms with van der Waals surface area (Å²) in [6.45, 7) is 0. The van der Waals surface area contributed by atoms with Gasteiger partial charge in [0.2, 0.25) is 7.98 Å². The van der Waals surface area contributed by atoms with Gasteiger partial charge in [0, 0.05) is 0 Å². The minimum Gasteiger partial charge on any atom is -0.383 e. The molecule has 6 nitrogen and oxygen atoms in total. The van der Waals surface area contributed by atoms with Crippen molar-refractivity contribution in [3.05, 3.63) is 20.8 Å². The van der Waals surface area contributed by atoms with E-state index in [0.717, 1.165) is 5.54 Å². The summed E-state index contributed by atoms with van der Waals surface area (Å²) in [5.41, 5.74) is 4.28. The quantitative estimate of drug-likeness (QED) is 0.331. The van der Waals surface area contributed by atoms with E-state index in [4.69, 9.17) is 5.73 Å². The predicted octanol–water partition coefficient (Wildman–Crippen LogP) is -2.19. The number of nitrogen functional groups attached to an aromatic ring is 1. The first kappa shape index (κ1) is 8.37. The Bertz CT molecular complexity index is 410. The van der Waals surface area contributed by atoms with Crippen LogP contribution >= 0.6 is 0 Å². The molecule has 0 saturated carbocycles. The molecule has 0 radical (unpaired) electrons. The first-order valence-corrected chi connectivity index (χ1v) is 3.03. The van der Waals surface area contributed by atoms with E-state index >= 15 is 0 Å². The number of hydrogen-bond donors (Lipinski definition) is 3. The van der Waals surface area contributed by atoms with Crippen LogP contribution in [0.5, 0.6) is 0 Å². The third-order valence-corrected chi connectivity index (χ3v) is 1.43. The number of aromatic nitrogens is 2. The Kier molecular flexibility index (Phi) is 1.90. The molecule has 0 aliphatic carbocycles. The maximum Gasteiger partial charge on any atom is 0.317 e. The third-order valence-electron chi connectivity index (χ3n) is 1.43. The van der Waals surface area contributed by atoms with Crippen molar-refractivity contribution in [1.29, 1.82) is 0 Å². The minimum absolute atomic E-state index is 0.314. The van der Waals surface area contributed by atoms with Gasteiger partial charge in [-0.15, -0.1) is 4.48 Å². The standard InChI is InChI=1S/C4H6BFN4O2/c5-10-3(11)1(9-6)2(7)8-4(10)12/h9H,5,7H2,(H,8,12). The number of anilines is 2. The summed E-state index contributed by atoms with van der Waals surface area (Å²) < 4.78 is 12.6. The maximum atomic E-state index is 11.9. The number of H-pyrrole nitrogens is 1. The molecule has 0 saturated heterocycles. The molecule has 12 heavy (non-hydrogen) atoms. The Balaban J connectivity index is 3.63. The average Bonchev–Trinajstić information content (AvgIpc) is 2.01. The molecule has 64 valence electrons. The van der Waals surface area contributed by atoms with Crippen LogP contribution in [0.25, 0.3) is 0 Å². The Hall–Kier alpha value is -1.73. The number of nitrogens with one attached hydrogen (secondary N) is 2. The largest absolute Gasteiger partial charge is 0.383 e. The lowest BCUT2D eigenvalue weighted by Gasteiger charge is -2.02. The molecule has 4 N–H and O–H groups in total. The van der Waals surface area contributed by atoms with Crippen LogP contribution in [0, 0.1) is 0 Å². The highest BCUT2D eigenvalue weighted by Gasteiger charge is 2.07. The molecule has 1 heterocycles. The minimum atomic E-state index is -0.807. The van der Waals surface area contributed by atoms with Crippen LogP contribution in [-0.2, 0) is 0 Å². The molecule has 0 amide bonds. The highest BCUT2D eigenvalue weighted by molar-refractivity contribution is 6.06. The van der Waals surface area contributed by atoms with Gasteiger partial charge in [0.05, 0.1) is 0 Å². The van der Waals surface area contributed by atoms with Gasteiger partial charge in [0.15, 0.2) is 5.69 Å². The molecule has 0 bridgehead atoms. The molecule has 0 aliphatic rings. The number of hydrogen-bond acceptors (Lipinski definition) is 4. The van der Waals surface area contributed by atoms with Gasteiger partial charge in [-0.2, -0.15) is 0 Å². The lowest BCUT2D eigenvalue weighted by atomic mass is 10.3. The van der Waals surface area contributed by atoms with Gasteiger partial charge in [-0.3, -0.25) is 9.78 Å². The summed E-state index contributed by atoms with van der Waals surface area (Å²) in [4.78, 5) is 23.9. The van der Waals surface area contributed by atoms with Gasteiger partial charge < -0.3 is 10.2 Å². The van der Waals surface area contributed by atoms with Crippen molar-refractivity contribution in [2.75, 3.05) is 11.3 Å². The fraction of sp³-hybridized carbons (Fsp3) is 0. The van der Waals surface area contributed by atoms with E-state index in [1.807, 2.05) is 0 Å². The molecular weight excluding hydrogens is 166 g/mol. The smallest absolute Gasteiger partial charge is 0.317 e. The number of rotatable bonds is 1. The van der Waals surface area contributed by atoms with E-state index in [-0.39, 0.29) is 5.82 Å². The number of halogens is 1. The van der Waals surface area contributed by atoms with Crippen molar-refractivity contribution in [2.45, 2.75) is 0 Å². The van der Waals surface area contributed by atoms with Gasteiger partial charge >= 0.3 is 5.69 Å². The van der Waals surface area contributed by atoms with E-state index in [2.05, 4.69) is 4.98 Å². The number of nitrogens with two attached hydrogens (primary N) is 1. The second kappa shape index (κ2) is 2.72. The van der Waals surface area contributed by atoms with E-state index in [0.29, 0.717) is 4.48 Å². The summed E-state index contributed by atoms with van der Waals surface area (Å²) in [6, 6.07) is 0. The molecule has 0 spiro atoms. The zero-order chi connectivity index (χ0) is 9.30. The highest BCUT2D eigenvalue weighted by atomic mass is 19.2. The Morgan fingerprint density at radius 2 is 2.17 bits per heavy atom. The van der Waals surface area contributed by atoms with Gasteiger partial charge in [0.1, 0.15) is 5.82 Å². The molecule has 0 aromatic carbocycles. The Morgan fingerprint density at radius 3 is 2.67 bits per heavy atom. The second-order valence-electron chi connectivity index (χ2n) is 2.18. The van der Waals surface area contributed by atoms with Gasteiger partial charge in [-0.05, 0) is 0 Å². The van der Waals surface area contributed by atoms with Gasteiger partial charge in [-0.1, -0.05) is 0 Å². The van der Waals surface area contributed by atoms with Crippen LogP contribution in [0.2, 0.25) is 0 Å². The van der Waals surface area contributed by atoms with E-state index in [1.165, 1.54) is 7.98 Å². The number of aromatic amines is 1. The van der Waals surface area contributed by atoms with Crippen LogP contribution in [0.15, 0.2) is 9.59 Å². The fourth-order valence-corrected chi connectivity index (χ4v) is 0.728. The molecular formula is C4H6BFN4O2. The first-order valence-electron chi connectivity index (χ1n) is 3.03. The van der Waals surface area contributed by atoms with Crippen LogP contribution in [0.3, 0.4) is 0 Å². The van der Waals surface area contributed by atoms with E-state index < -0.39 is 16.9 Å². The monoisotopic (exact) mass is 172 g/mol. The van der Waals surface area contributed by atoms with Crippen molar-refractivity contribution < 1.29 is 4.48 Å². The zero-order valence-electron chi connectivity index (χ0n) is 6.22. The summed E-state index contributed by atoms with van der Waals surface area (Å²) in [7, 11) is 1.21. The van der Waals surface area contributed by atoms with Crippen LogP contribution in [-0.4, -0.2) is 17.4 Å². The third kappa shape index (κ3) is 1.07. The van der Waals surface area contributed by atoms with Crippen LogP contribution < -0.4 is 22.5 Å². The number of nitrogens with zero attached hydrogens (tertiary/aromatic N) is 1. The lowest BCUT2D eigenvalue weighted by molar-refractivity contribution is 0.614. The molecule has 1 aromatic heterocycles. The summed E-state index contributed by atoms with van der Waals surface area (Å²) in [5.74, 6) is -0.314. The summed E-state index contributed by atoms with van der Waals surface area (Å²) in [6.07, 6.45) is 0. The SMILES string of the molecule is Bn1c(=O)[nH]c(N)c(NF)c1=O. The van der Waals surface area contributed by atoms with Crippen molar-refractivity contribution in [2.24, 2.45) is 0 Å². The average molecular weight is 172 g/mol. The molecule has 0 unspecified atom stereocenters. The second-order valence-corrected chi connectivity index (χ2v) is 2.18. The van der Waals surface area contributed by atoms with Crippen molar-refractivity contribution >= 4 is 19.5 Å². The normalized spacial score (nSPS) is 9.75. The fourth-order valence-electron chi connectivity index (χ4n) is 0.728. The lowest BCUT2D eigenvalue weighted by Crippen LogP contribution is -2.35. The van der Waals surface area contributed by atoms with Crippen LogP contribution in [0.4, 0.5) is 16.0 Å². The molecule has 0 aliphatic heterocycles. The van der Waals surface area contributed by atoms with Crippen molar-refractivity contribution in [3.63, 3.8) is 0 Å². The van der Waals surface area contributed by atoms with E-state index in [9.17, 15) is 14.1 Å². The Morgan fingerprint density at radius 1 is 1.58 bits per heavy atom. The van der Waals surface area contributed by atoms with E-state index in [1.54, 1.807) is 0 Å². The maximum absolute atomic E-state index is 11.9. The molecule has 0 atom stereocenters. The topological polar surface area (TPSA) is 92.9 Å². The predicted molar refractivity (Wildman–Crippen MR) is 44.4 cm³/mol. The summed E-state index contributed by atoms with van der Waals surface area (Å²) in [5, 5.41) is 0. The van der Waals surface area contributed by atoms with Crippen molar-refractivity contribution in [3.8, 4) is 0 Å². The zero-order valence-corrected chi connectivity index (χ0v) is 6.22. The van der Waals surface area contributed by atoms with Gasteiger partial charge in [-0.25, -0.2) is 10.3 Å². The molecule has 1 rings (SSSR count). The Labute approximate surface area is 66.6 Å². The highest BCUT2D eigenvalue weighted by Crippen LogP contribution is 2.04. The molecule has 0 fully saturated rings. The van der Waals surface area contributed by atoms with Crippen molar-refractivity contribution in [1.82, 2.24) is 9.46 Å². The van der Waals surface area contributed by atoms with Crippen LogP contribution in [0.1, 0.15) is 0 Å². The van der Waals surface area contributed by atoms with Gasteiger partial charge in [0.25, 0.3) is 5.56 Å². The molecule has 1 aromatic rings. The summed E-state index contributed by atoms with van der Waals surface area (Å²) >= 11 is 0. The first-order chi connectivity index (χ1) is 5.57.